The van der Waals surface area contributed by atoms with Gasteiger partial charge in [-0.15, -0.1) is 0 Å². The van der Waals surface area contributed by atoms with Gasteiger partial charge in [-0.1, -0.05) is 6.58 Å². The van der Waals surface area contributed by atoms with Gasteiger partial charge in [0.2, 0.25) is 0 Å². The van der Waals surface area contributed by atoms with Gasteiger partial charge in [0.25, 0.3) is 5.79 Å². The van der Waals surface area contributed by atoms with E-state index >= 15 is 0 Å². The van der Waals surface area contributed by atoms with E-state index in [4.69, 9.17) is 20.7 Å². The number of carboxylic acid groups (broad SMARTS) is 1. The smallest absolute Gasteiger partial charge is 0.365 e. The molecule has 0 radical (unpaired) electrons. The quantitative estimate of drug-likeness (QED) is 0.237. The van der Waals surface area contributed by atoms with Crippen molar-refractivity contribution in [3.05, 3.63) is 12.7 Å². The molecule has 0 bridgehead atoms. The Kier molecular flexibility index (Phi) is 5.76. The number of carbonyl (C=O) groups is 2. The summed E-state index contributed by atoms with van der Waals surface area (Å²) in [7, 11) is 0. The molecule has 0 aromatic rings. The number of aliphatic carboxylic acids is 1. The van der Waals surface area contributed by atoms with Gasteiger partial charge in [-0.3, -0.25) is 4.79 Å². The standard InChI is InChI=1S/C12H19NO9/c1-2-4(15)6-9(18)7(13)10(8(17)5(16)3-14)22-12(6,21)11(19)20/h2,5-10,14,16-18,21H,1,3,13H2,(H,19,20)/t5-,6?,7-,8-,9+,10-,12?/m1/s1. The van der Waals surface area contributed by atoms with Gasteiger partial charge in [0.05, 0.1) is 18.8 Å². The Balaban J connectivity index is 3.25. The number of ketones is 1. The van der Waals surface area contributed by atoms with Crippen molar-refractivity contribution in [3.63, 3.8) is 0 Å². The van der Waals surface area contributed by atoms with Crippen molar-refractivity contribution in [2.75, 3.05) is 6.61 Å². The molecule has 1 aliphatic heterocycles. The highest BCUT2D eigenvalue weighted by Crippen LogP contribution is 2.35. The normalized spacial score (nSPS) is 38.1. The van der Waals surface area contributed by atoms with Crippen LogP contribution in [0.15, 0.2) is 12.7 Å². The first kappa shape index (κ1) is 18.6. The zero-order chi connectivity index (χ0) is 17.2. The maximum atomic E-state index is 11.7. The average molecular weight is 321 g/mol. The fourth-order valence-corrected chi connectivity index (χ4v) is 2.30. The van der Waals surface area contributed by atoms with Crippen LogP contribution in [-0.2, 0) is 14.3 Å². The highest BCUT2D eigenvalue weighted by atomic mass is 16.7. The second kappa shape index (κ2) is 6.79. The lowest BCUT2D eigenvalue weighted by molar-refractivity contribution is -0.311. The minimum absolute atomic E-state index is 0.692. The van der Waals surface area contributed by atoms with Crippen LogP contribution in [0, 0.1) is 5.92 Å². The maximum absolute atomic E-state index is 11.7. The molecule has 8 N–H and O–H groups in total. The third-order valence-electron chi connectivity index (χ3n) is 3.58. The van der Waals surface area contributed by atoms with Crippen LogP contribution in [0.3, 0.4) is 0 Å². The summed E-state index contributed by atoms with van der Waals surface area (Å²) in [5.41, 5.74) is 5.60. The summed E-state index contributed by atoms with van der Waals surface area (Å²) in [4.78, 5) is 23.0. The minimum atomic E-state index is -3.18. The molecule has 0 aromatic carbocycles. The van der Waals surface area contributed by atoms with E-state index < -0.39 is 60.5 Å². The number of rotatable bonds is 6. The first-order chi connectivity index (χ1) is 10.1. The highest BCUT2D eigenvalue weighted by molar-refractivity contribution is 5.96. The fourth-order valence-electron chi connectivity index (χ4n) is 2.30. The van der Waals surface area contributed by atoms with Crippen LogP contribution in [0.4, 0.5) is 0 Å². The van der Waals surface area contributed by atoms with Gasteiger partial charge in [0, 0.05) is 0 Å². The van der Waals surface area contributed by atoms with Gasteiger partial charge < -0.3 is 41.1 Å². The van der Waals surface area contributed by atoms with Crippen molar-refractivity contribution in [2.24, 2.45) is 11.7 Å². The number of hydrogen-bond acceptors (Lipinski definition) is 9. The van der Waals surface area contributed by atoms with E-state index in [-0.39, 0.29) is 0 Å². The molecular weight excluding hydrogens is 302 g/mol. The molecule has 0 amide bonds. The summed E-state index contributed by atoms with van der Waals surface area (Å²) in [6.07, 6.45) is -6.61. The number of aliphatic hydroxyl groups is 5. The van der Waals surface area contributed by atoms with E-state index in [1.807, 2.05) is 0 Å². The van der Waals surface area contributed by atoms with Gasteiger partial charge in [-0.25, -0.2) is 4.79 Å². The van der Waals surface area contributed by atoms with Gasteiger partial charge >= 0.3 is 5.97 Å². The number of carbonyl (C=O) groups excluding carboxylic acids is 1. The van der Waals surface area contributed by atoms with Crippen LogP contribution in [-0.4, -0.2) is 85.2 Å². The number of hydrogen-bond donors (Lipinski definition) is 7. The van der Waals surface area contributed by atoms with E-state index in [2.05, 4.69) is 6.58 Å². The van der Waals surface area contributed by atoms with Crippen LogP contribution in [0.1, 0.15) is 0 Å². The lowest BCUT2D eigenvalue weighted by Crippen LogP contribution is -2.71. The molecule has 0 saturated carbocycles. The van der Waals surface area contributed by atoms with Gasteiger partial charge in [0.15, 0.2) is 5.78 Å². The monoisotopic (exact) mass is 321 g/mol. The van der Waals surface area contributed by atoms with Crippen LogP contribution in [0.5, 0.6) is 0 Å². The van der Waals surface area contributed by atoms with Crippen molar-refractivity contribution in [1.29, 1.82) is 0 Å². The summed E-state index contributed by atoms with van der Waals surface area (Å²) in [5.74, 6) is -8.16. The number of nitrogens with two attached hydrogens (primary N) is 1. The number of carboxylic acids is 1. The van der Waals surface area contributed by atoms with Crippen molar-refractivity contribution < 1.29 is 45.0 Å². The molecule has 0 aliphatic carbocycles. The summed E-state index contributed by atoms with van der Waals surface area (Å²) in [5, 5.41) is 57.2. The molecule has 10 nitrogen and oxygen atoms in total. The molecule has 7 atom stereocenters. The minimum Gasteiger partial charge on any atom is -0.477 e. The topological polar surface area (TPSA) is 191 Å². The van der Waals surface area contributed by atoms with Crippen molar-refractivity contribution in [3.8, 4) is 0 Å². The molecule has 22 heavy (non-hydrogen) atoms. The van der Waals surface area contributed by atoms with Crippen molar-refractivity contribution in [1.82, 2.24) is 0 Å². The fraction of sp³-hybridized carbons (Fsp3) is 0.667. The third kappa shape index (κ3) is 3.03. The molecule has 2 unspecified atom stereocenters. The van der Waals surface area contributed by atoms with Gasteiger partial charge in [-0.2, -0.15) is 0 Å². The molecule has 126 valence electrons. The Labute approximate surface area is 125 Å². The predicted octanol–water partition coefficient (Wildman–Crippen LogP) is -4.07. The summed E-state index contributed by atoms with van der Waals surface area (Å²) >= 11 is 0. The van der Waals surface area contributed by atoms with E-state index in [1.54, 1.807) is 0 Å². The Morgan fingerprint density at radius 3 is 2.36 bits per heavy atom. The summed E-state index contributed by atoms with van der Waals surface area (Å²) in [6.45, 7) is 2.23. The second-order valence-corrected chi connectivity index (χ2v) is 4.98. The molecular formula is C12H19NO9. The first-order valence-electron chi connectivity index (χ1n) is 6.32. The molecule has 1 saturated heterocycles. The highest BCUT2D eigenvalue weighted by Gasteiger charge is 2.61. The lowest BCUT2D eigenvalue weighted by atomic mass is 9.78. The van der Waals surface area contributed by atoms with E-state index in [1.165, 1.54) is 0 Å². The van der Waals surface area contributed by atoms with Crippen LogP contribution in [0.25, 0.3) is 0 Å². The molecule has 1 rings (SSSR count). The second-order valence-electron chi connectivity index (χ2n) is 4.98. The lowest BCUT2D eigenvalue weighted by Gasteiger charge is -2.47. The Bertz CT molecular complexity index is 456. The Morgan fingerprint density at radius 1 is 1.41 bits per heavy atom. The van der Waals surface area contributed by atoms with E-state index in [0.29, 0.717) is 6.08 Å². The molecule has 0 aromatic heterocycles. The zero-order valence-corrected chi connectivity index (χ0v) is 11.4. The Morgan fingerprint density at radius 2 is 1.95 bits per heavy atom. The molecule has 1 fully saturated rings. The first-order valence-corrected chi connectivity index (χ1v) is 6.32. The summed E-state index contributed by atoms with van der Waals surface area (Å²) < 4.78 is 4.82. The molecule has 10 heteroatoms. The van der Waals surface area contributed by atoms with Gasteiger partial charge in [-0.05, 0) is 6.08 Å². The summed E-state index contributed by atoms with van der Waals surface area (Å²) in [6, 6.07) is -1.51. The largest absolute Gasteiger partial charge is 0.477 e. The predicted molar refractivity (Wildman–Crippen MR) is 69.2 cm³/mol. The average Bonchev–Trinajstić information content (AvgIpc) is 2.48. The van der Waals surface area contributed by atoms with Crippen LogP contribution < -0.4 is 5.73 Å². The molecule has 1 heterocycles. The van der Waals surface area contributed by atoms with Crippen LogP contribution >= 0.6 is 0 Å². The molecule has 1 aliphatic rings. The third-order valence-corrected chi connectivity index (χ3v) is 3.58. The zero-order valence-electron chi connectivity index (χ0n) is 11.4. The number of aliphatic hydroxyl groups excluding tert-OH is 4. The number of ether oxygens (including phenoxy) is 1. The van der Waals surface area contributed by atoms with Gasteiger partial charge in [0.1, 0.15) is 24.2 Å². The number of allylic oxidation sites excluding steroid dienone is 1. The maximum Gasteiger partial charge on any atom is 0.365 e. The molecule has 0 spiro atoms. The Hall–Kier alpha value is -1.40. The van der Waals surface area contributed by atoms with Crippen molar-refractivity contribution >= 4 is 11.8 Å². The SMILES string of the molecule is C=CC(=O)C1[C@H](O)[C@@H](N)[C@H]([C@H](O)[C@H](O)CO)OC1(O)C(=O)O. The van der Waals surface area contributed by atoms with E-state index in [9.17, 15) is 30.0 Å². The van der Waals surface area contributed by atoms with Crippen LogP contribution in [0.2, 0.25) is 0 Å². The van der Waals surface area contributed by atoms with E-state index in [0.717, 1.165) is 0 Å². The van der Waals surface area contributed by atoms with Crippen molar-refractivity contribution in [2.45, 2.75) is 36.2 Å².